The van der Waals surface area contributed by atoms with E-state index in [4.69, 9.17) is 5.73 Å². The van der Waals surface area contributed by atoms with Crippen LogP contribution in [0.4, 0.5) is 0 Å². The second-order valence-corrected chi connectivity index (χ2v) is 7.56. The zero-order chi connectivity index (χ0) is 15.3. The van der Waals surface area contributed by atoms with Crippen LogP contribution in [0, 0.1) is 5.92 Å². The second-order valence-electron chi connectivity index (χ2n) is 6.70. The van der Waals surface area contributed by atoms with Crippen LogP contribution in [0.2, 0.25) is 0 Å². The number of carbonyl (C=O) groups excluding carboxylic acids is 1. The molecule has 0 aliphatic rings. The third-order valence-electron chi connectivity index (χ3n) is 2.94. The highest BCUT2D eigenvalue weighted by Crippen LogP contribution is 2.25. The first-order valence-corrected chi connectivity index (χ1v) is 8.04. The Labute approximate surface area is 126 Å². The van der Waals surface area contributed by atoms with Crippen LogP contribution in [-0.4, -0.2) is 23.5 Å². The molecule has 0 aromatic carbocycles. The van der Waals surface area contributed by atoms with Crippen molar-refractivity contribution in [2.24, 2.45) is 11.7 Å². The zero-order valence-corrected chi connectivity index (χ0v) is 14.0. The molecule has 0 spiro atoms. The molecule has 20 heavy (non-hydrogen) atoms. The van der Waals surface area contributed by atoms with Crippen LogP contribution in [0.1, 0.15) is 51.7 Å². The minimum absolute atomic E-state index is 0.00635. The van der Waals surface area contributed by atoms with Gasteiger partial charge in [0.05, 0.1) is 17.1 Å². The normalized spacial score (nSPS) is 13.6. The van der Waals surface area contributed by atoms with Gasteiger partial charge in [-0.1, -0.05) is 34.6 Å². The predicted octanol–water partition coefficient (Wildman–Crippen LogP) is 2.47. The van der Waals surface area contributed by atoms with Crippen molar-refractivity contribution in [1.82, 2.24) is 10.3 Å². The standard InChI is InChI=1S/C15H27N3OS/c1-10(2)6-11(8-16)17-13(19)7-12-9-20-14(18-12)15(3,4)5/h9-11H,6-8,16H2,1-5H3,(H,17,19). The minimum Gasteiger partial charge on any atom is -0.352 e. The molecule has 0 aliphatic carbocycles. The lowest BCUT2D eigenvalue weighted by Gasteiger charge is -2.18. The molecule has 1 unspecified atom stereocenters. The second kappa shape index (κ2) is 7.18. The Hall–Kier alpha value is -0.940. The number of nitrogens with zero attached hydrogens (tertiary/aromatic N) is 1. The molecular formula is C15H27N3OS. The number of aromatic nitrogens is 1. The van der Waals surface area contributed by atoms with Crippen molar-refractivity contribution in [2.75, 3.05) is 6.54 Å². The number of nitrogens with two attached hydrogens (primary N) is 1. The quantitative estimate of drug-likeness (QED) is 0.847. The van der Waals surface area contributed by atoms with Crippen LogP contribution >= 0.6 is 11.3 Å². The van der Waals surface area contributed by atoms with Crippen LogP contribution in [0.3, 0.4) is 0 Å². The number of carbonyl (C=O) groups is 1. The van der Waals surface area contributed by atoms with Crippen molar-refractivity contribution >= 4 is 17.2 Å². The lowest BCUT2D eigenvalue weighted by Crippen LogP contribution is -2.41. The molecule has 0 bridgehead atoms. The van der Waals surface area contributed by atoms with Gasteiger partial charge in [-0.25, -0.2) is 4.98 Å². The summed E-state index contributed by atoms with van der Waals surface area (Å²) < 4.78 is 0. The van der Waals surface area contributed by atoms with Crippen LogP contribution in [0.15, 0.2) is 5.38 Å². The molecule has 3 N–H and O–H groups in total. The van der Waals surface area contributed by atoms with Crippen molar-refractivity contribution in [2.45, 2.75) is 58.9 Å². The highest BCUT2D eigenvalue weighted by molar-refractivity contribution is 7.09. The van der Waals surface area contributed by atoms with Gasteiger partial charge in [0, 0.05) is 23.4 Å². The monoisotopic (exact) mass is 297 g/mol. The molecule has 1 heterocycles. The van der Waals surface area contributed by atoms with Gasteiger partial charge in [-0.2, -0.15) is 0 Å². The third kappa shape index (κ3) is 5.59. The predicted molar refractivity (Wildman–Crippen MR) is 85.0 cm³/mol. The summed E-state index contributed by atoms with van der Waals surface area (Å²) in [5, 5.41) is 6.03. The summed E-state index contributed by atoms with van der Waals surface area (Å²) in [7, 11) is 0. The van der Waals surface area contributed by atoms with E-state index in [1.165, 1.54) is 0 Å². The molecule has 4 nitrogen and oxygen atoms in total. The average Bonchev–Trinajstić information content (AvgIpc) is 2.75. The summed E-state index contributed by atoms with van der Waals surface area (Å²) in [6, 6.07) is 0.0585. The van der Waals surface area contributed by atoms with Crippen molar-refractivity contribution in [1.29, 1.82) is 0 Å². The summed E-state index contributed by atoms with van der Waals surface area (Å²) in [5.74, 6) is 0.530. The summed E-state index contributed by atoms with van der Waals surface area (Å²) in [4.78, 5) is 16.6. The van der Waals surface area contributed by atoms with Gasteiger partial charge in [0.15, 0.2) is 0 Å². The SMILES string of the molecule is CC(C)CC(CN)NC(=O)Cc1csc(C(C)(C)C)n1. The van der Waals surface area contributed by atoms with E-state index in [1.807, 2.05) is 5.38 Å². The van der Waals surface area contributed by atoms with Gasteiger partial charge < -0.3 is 11.1 Å². The van der Waals surface area contributed by atoms with Crippen molar-refractivity contribution in [3.63, 3.8) is 0 Å². The van der Waals surface area contributed by atoms with E-state index in [1.54, 1.807) is 11.3 Å². The Morgan fingerprint density at radius 2 is 2.10 bits per heavy atom. The first kappa shape index (κ1) is 17.1. The van der Waals surface area contributed by atoms with Gasteiger partial charge >= 0.3 is 0 Å². The number of amides is 1. The maximum absolute atomic E-state index is 12.0. The van der Waals surface area contributed by atoms with E-state index in [9.17, 15) is 4.79 Å². The summed E-state index contributed by atoms with van der Waals surface area (Å²) in [6.07, 6.45) is 1.24. The number of hydrogen-bond donors (Lipinski definition) is 2. The van der Waals surface area contributed by atoms with E-state index >= 15 is 0 Å². The molecule has 0 fully saturated rings. The van der Waals surface area contributed by atoms with Crippen molar-refractivity contribution in [3.8, 4) is 0 Å². The highest BCUT2D eigenvalue weighted by atomic mass is 32.1. The topological polar surface area (TPSA) is 68.0 Å². The van der Waals surface area contributed by atoms with Crippen molar-refractivity contribution < 1.29 is 4.79 Å². The van der Waals surface area contributed by atoms with Crippen molar-refractivity contribution in [3.05, 3.63) is 16.1 Å². The smallest absolute Gasteiger partial charge is 0.226 e. The lowest BCUT2D eigenvalue weighted by molar-refractivity contribution is -0.121. The van der Waals surface area contributed by atoms with Gasteiger partial charge in [0.1, 0.15) is 0 Å². The molecule has 5 heteroatoms. The van der Waals surface area contributed by atoms with E-state index in [0.717, 1.165) is 17.1 Å². The summed E-state index contributed by atoms with van der Waals surface area (Å²) >= 11 is 1.62. The number of thiazole rings is 1. The Kier molecular flexibility index (Phi) is 6.14. The molecule has 0 radical (unpaired) electrons. The average molecular weight is 297 g/mol. The van der Waals surface area contributed by atoms with Gasteiger partial charge in [0.2, 0.25) is 5.91 Å². The Morgan fingerprint density at radius 3 is 2.55 bits per heavy atom. The Balaban J connectivity index is 2.55. The fraction of sp³-hybridized carbons (Fsp3) is 0.733. The lowest BCUT2D eigenvalue weighted by atomic mass is 9.98. The number of hydrogen-bond acceptors (Lipinski definition) is 4. The van der Waals surface area contributed by atoms with Gasteiger partial charge in [0.25, 0.3) is 0 Å². The molecule has 1 atom stereocenters. The van der Waals surface area contributed by atoms with Gasteiger partial charge in [-0.3, -0.25) is 4.79 Å². The van der Waals surface area contributed by atoms with E-state index < -0.39 is 0 Å². The number of rotatable bonds is 6. The largest absolute Gasteiger partial charge is 0.352 e. The molecule has 0 aliphatic heterocycles. The van der Waals surface area contributed by atoms with E-state index in [-0.39, 0.29) is 17.4 Å². The van der Waals surface area contributed by atoms with E-state index in [2.05, 4.69) is 44.9 Å². The molecule has 1 aromatic heterocycles. The third-order valence-corrected chi connectivity index (χ3v) is 4.26. The van der Waals surface area contributed by atoms with Crippen LogP contribution in [0.5, 0.6) is 0 Å². The molecular weight excluding hydrogens is 270 g/mol. The molecule has 0 saturated carbocycles. The highest BCUT2D eigenvalue weighted by Gasteiger charge is 2.19. The molecule has 114 valence electrons. The molecule has 1 aromatic rings. The fourth-order valence-corrected chi connectivity index (χ4v) is 2.87. The summed E-state index contributed by atoms with van der Waals surface area (Å²) in [5.41, 5.74) is 6.58. The molecule has 1 amide bonds. The van der Waals surface area contributed by atoms with Gasteiger partial charge in [-0.05, 0) is 12.3 Å². The van der Waals surface area contributed by atoms with Crippen LogP contribution < -0.4 is 11.1 Å². The zero-order valence-electron chi connectivity index (χ0n) is 13.2. The fourth-order valence-electron chi connectivity index (χ4n) is 1.96. The molecule has 1 rings (SSSR count). The Bertz CT molecular complexity index is 435. The summed E-state index contributed by atoms with van der Waals surface area (Å²) in [6.45, 7) is 11.1. The minimum atomic E-state index is 0.00635. The van der Waals surface area contributed by atoms with Crippen LogP contribution in [0.25, 0.3) is 0 Å². The maximum atomic E-state index is 12.0. The Morgan fingerprint density at radius 1 is 1.45 bits per heavy atom. The maximum Gasteiger partial charge on any atom is 0.226 e. The molecule has 0 saturated heterocycles. The first-order chi connectivity index (χ1) is 9.22. The van der Waals surface area contributed by atoms with E-state index in [0.29, 0.717) is 18.9 Å². The van der Waals surface area contributed by atoms with Gasteiger partial charge in [-0.15, -0.1) is 11.3 Å². The number of nitrogens with one attached hydrogen (secondary N) is 1. The van der Waals surface area contributed by atoms with Crippen LogP contribution in [-0.2, 0) is 16.6 Å². The first-order valence-electron chi connectivity index (χ1n) is 7.16.